The van der Waals surface area contributed by atoms with Crippen molar-refractivity contribution in [3.8, 4) is 0 Å². The highest BCUT2D eigenvalue weighted by Gasteiger charge is 2.13. The van der Waals surface area contributed by atoms with E-state index < -0.39 is 0 Å². The number of hydrogen-bond acceptors (Lipinski definition) is 1. The molecule has 0 atom stereocenters. The van der Waals surface area contributed by atoms with Gasteiger partial charge in [-0.05, 0) is 24.8 Å². The molecule has 0 saturated heterocycles. The van der Waals surface area contributed by atoms with E-state index in [-0.39, 0.29) is 5.41 Å². The molecule has 0 N–H and O–H groups in total. The second kappa shape index (κ2) is 3.70. The minimum absolute atomic E-state index is 0.269. The summed E-state index contributed by atoms with van der Waals surface area (Å²) in [6.45, 7) is 10.9. The van der Waals surface area contributed by atoms with Crippen LogP contribution in [0.15, 0.2) is 16.1 Å². The molecule has 0 bridgehead atoms. The first-order valence-electron chi connectivity index (χ1n) is 3.99. The second-order valence-corrected chi connectivity index (χ2v) is 3.95. The molecular formula is C10H19N. The Labute approximate surface area is 70.2 Å². The lowest BCUT2D eigenvalue weighted by Gasteiger charge is -2.21. The average molecular weight is 153 g/mol. The number of allylic oxidation sites excluding steroid dienone is 2. The van der Waals surface area contributed by atoms with Crippen LogP contribution in [0.2, 0.25) is 0 Å². The van der Waals surface area contributed by atoms with Gasteiger partial charge in [0.15, 0.2) is 0 Å². The number of nitrogens with zero attached hydrogens (tertiary/aromatic N) is 1. The molecule has 0 aromatic carbocycles. The molecule has 64 valence electrons. The molecule has 0 amide bonds. The minimum atomic E-state index is 0.269. The van der Waals surface area contributed by atoms with Crippen molar-refractivity contribution in [2.45, 2.75) is 34.6 Å². The van der Waals surface area contributed by atoms with Crippen LogP contribution in [0.4, 0.5) is 0 Å². The number of hydrogen-bond donors (Lipinski definition) is 0. The lowest BCUT2D eigenvalue weighted by Crippen LogP contribution is -2.08. The predicted octanol–water partition coefficient (Wildman–Crippen LogP) is 3.07. The summed E-state index contributed by atoms with van der Waals surface area (Å²) in [5.74, 6) is 0. The van der Waals surface area contributed by atoms with E-state index in [9.17, 15) is 0 Å². The maximum atomic E-state index is 3.99. The molecule has 0 aliphatic rings. The van der Waals surface area contributed by atoms with Crippen LogP contribution in [0.1, 0.15) is 34.6 Å². The summed E-state index contributed by atoms with van der Waals surface area (Å²) in [5, 5.41) is 0. The van der Waals surface area contributed by atoms with Gasteiger partial charge in [-0.2, -0.15) is 0 Å². The van der Waals surface area contributed by atoms with Gasteiger partial charge in [-0.25, -0.2) is 0 Å². The van der Waals surface area contributed by atoms with E-state index in [4.69, 9.17) is 0 Å². The van der Waals surface area contributed by atoms with E-state index in [1.54, 1.807) is 7.05 Å². The van der Waals surface area contributed by atoms with E-state index in [1.807, 2.05) is 6.21 Å². The molecule has 0 aromatic heterocycles. The van der Waals surface area contributed by atoms with Crippen molar-refractivity contribution in [2.75, 3.05) is 7.05 Å². The van der Waals surface area contributed by atoms with Crippen molar-refractivity contribution in [2.24, 2.45) is 10.4 Å². The van der Waals surface area contributed by atoms with E-state index in [0.717, 1.165) is 0 Å². The van der Waals surface area contributed by atoms with Gasteiger partial charge < -0.3 is 0 Å². The Balaban J connectivity index is 4.67. The van der Waals surface area contributed by atoms with Crippen LogP contribution in [0, 0.1) is 5.41 Å². The zero-order valence-electron chi connectivity index (χ0n) is 8.52. The van der Waals surface area contributed by atoms with E-state index in [0.29, 0.717) is 0 Å². The SMILES string of the molecule is CN=C/C(C)=C(\C)C(C)(C)C. The molecule has 1 nitrogen and oxygen atoms in total. The predicted molar refractivity (Wildman–Crippen MR) is 52.2 cm³/mol. The summed E-state index contributed by atoms with van der Waals surface area (Å²) in [5.41, 5.74) is 2.95. The van der Waals surface area contributed by atoms with E-state index in [1.165, 1.54) is 11.1 Å². The monoisotopic (exact) mass is 153 g/mol. The molecule has 0 spiro atoms. The highest BCUT2D eigenvalue weighted by atomic mass is 14.6. The van der Waals surface area contributed by atoms with Crippen LogP contribution in [0.3, 0.4) is 0 Å². The Kier molecular flexibility index (Phi) is 3.50. The maximum absolute atomic E-state index is 3.99. The van der Waals surface area contributed by atoms with Gasteiger partial charge in [0.25, 0.3) is 0 Å². The molecule has 0 heterocycles. The summed E-state index contributed by atoms with van der Waals surface area (Å²) in [4.78, 5) is 3.99. The molecule has 0 radical (unpaired) electrons. The third-order valence-electron chi connectivity index (χ3n) is 2.04. The zero-order valence-corrected chi connectivity index (χ0v) is 8.52. The fourth-order valence-corrected chi connectivity index (χ4v) is 0.882. The first kappa shape index (κ1) is 10.4. The fourth-order valence-electron chi connectivity index (χ4n) is 0.882. The normalized spacial score (nSPS) is 15.5. The van der Waals surface area contributed by atoms with Gasteiger partial charge in [0.05, 0.1) is 0 Å². The lowest BCUT2D eigenvalue weighted by molar-refractivity contribution is 0.501. The topological polar surface area (TPSA) is 12.4 Å². The standard InChI is InChI=1S/C10H19N/c1-8(7-11-6)9(2)10(3,4)5/h7H,1-6H3/b9-8+,11-7?. The summed E-state index contributed by atoms with van der Waals surface area (Å²) in [6, 6.07) is 0. The molecule has 0 unspecified atom stereocenters. The maximum Gasteiger partial charge on any atom is 0.0277 e. The van der Waals surface area contributed by atoms with Crippen molar-refractivity contribution in [3.63, 3.8) is 0 Å². The van der Waals surface area contributed by atoms with Crippen LogP contribution in [0.25, 0.3) is 0 Å². The second-order valence-electron chi connectivity index (χ2n) is 3.95. The highest BCUT2D eigenvalue weighted by molar-refractivity contribution is 5.78. The summed E-state index contributed by atoms with van der Waals surface area (Å²) < 4.78 is 0. The van der Waals surface area contributed by atoms with E-state index in [2.05, 4.69) is 39.6 Å². The van der Waals surface area contributed by atoms with Crippen LogP contribution < -0.4 is 0 Å². The molecule has 0 aromatic rings. The Hall–Kier alpha value is -0.590. The fraction of sp³-hybridized carbons (Fsp3) is 0.700. The summed E-state index contributed by atoms with van der Waals surface area (Å²) in [6.07, 6.45) is 1.92. The quantitative estimate of drug-likeness (QED) is 0.513. The Morgan fingerprint density at radius 2 is 1.64 bits per heavy atom. The van der Waals surface area contributed by atoms with Crippen molar-refractivity contribution in [1.29, 1.82) is 0 Å². The smallest absolute Gasteiger partial charge is 0.0277 e. The van der Waals surface area contributed by atoms with Crippen LogP contribution in [0.5, 0.6) is 0 Å². The van der Waals surface area contributed by atoms with Gasteiger partial charge in [0, 0.05) is 13.3 Å². The third-order valence-corrected chi connectivity index (χ3v) is 2.04. The third kappa shape index (κ3) is 3.35. The largest absolute Gasteiger partial charge is 0.296 e. The molecule has 1 heteroatoms. The van der Waals surface area contributed by atoms with Crippen molar-refractivity contribution in [3.05, 3.63) is 11.1 Å². The molecular weight excluding hydrogens is 134 g/mol. The summed E-state index contributed by atoms with van der Waals surface area (Å²) >= 11 is 0. The van der Waals surface area contributed by atoms with Crippen LogP contribution >= 0.6 is 0 Å². The number of aliphatic imine (C=N–C) groups is 1. The van der Waals surface area contributed by atoms with Gasteiger partial charge in [-0.1, -0.05) is 26.3 Å². The first-order valence-corrected chi connectivity index (χ1v) is 3.99. The van der Waals surface area contributed by atoms with Gasteiger partial charge in [0.2, 0.25) is 0 Å². The lowest BCUT2D eigenvalue weighted by atomic mass is 9.85. The molecule has 0 rings (SSSR count). The van der Waals surface area contributed by atoms with Gasteiger partial charge in [-0.15, -0.1) is 0 Å². The Bertz CT molecular complexity index is 180. The molecule has 0 aliphatic carbocycles. The van der Waals surface area contributed by atoms with Crippen molar-refractivity contribution >= 4 is 6.21 Å². The highest BCUT2D eigenvalue weighted by Crippen LogP contribution is 2.26. The molecule has 0 fully saturated rings. The molecule has 0 aliphatic heterocycles. The van der Waals surface area contributed by atoms with Crippen molar-refractivity contribution < 1.29 is 0 Å². The average Bonchev–Trinajstić information content (AvgIpc) is 1.85. The number of rotatable bonds is 1. The van der Waals surface area contributed by atoms with Crippen LogP contribution in [-0.2, 0) is 0 Å². The first-order chi connectivity index (χ1) is 4.89. The Morgan fingerprint density at radius 3 is 1.91 bits per heavy atom. The zero-order chi connectivity index (χ0) is 9.07. The van der Waals surface area contributed by atoms with E-state index >= 15 is 0 Å². The van der Waals surface area contributed by atoms with Gasteiger partial charge in [-0.3, -0.25) is 4.99 Å². The summed E-state index contributed by atoms with van der Waals surface area (Å²) in [7, 11) is 1.80. The minimum Gasteiger partial charge on any atom is -0.296 e. The van der Waals surface area contributed by atoms with Gasteiger partial charge >= 0.3 is 0 Å². The van der Waals surface area contributed by atoms with Crippen LogP contribution in [-0.4, -0.2) is 13.3 Å². The van der Waals surface area contributed by atoms with Gasteiger partial charge in [0.1, 0.15) is 0 Å². The molecule has 0 saturated carbocycles. The molecule has 11 heavy (non-hydrogen) atoms. The Morgan fingerprint density at radius 1 is 1.18 bits per heavy atom. The van der Waals surface area contributed by atoms with Crippen molar-refractivity contribution in [1.82, 2.24) is 0 Å².